The molecule has 0 saturated carbocycles. The van der Waals surface area contributed by atoms with Crippen molar-refractivity contribution in [2.45, 2.75) is 12.7 Å². The highest BCUT2D eigenvalue weighted by molar-refractivity contribution is 5.96. The third-order valence-corrected chi connectivity index (χ3v) is 4.88. The number of hydrogen-bond donors (Lipinski definition) is 2. The van der Waals surface area contributed by atoms with Crippen LogP contribution in [0.1, 0.15) is 16.1 Å². The molecule has 2 amide bonds. The number of carbonyl (C=O) groups is 2. The molecule has 0 radical (unpaired) electrons. The fourth-order valence-electron chi connectivity index (χ4n) is 3.37. The molecule has 28 heavy (non-hydrogen) atoms. The quantitative estimate of drug-likeness (QED) is 0.752. The lowest BCUT2D eigenvalue weighted by Crippen LogP contribution is -2.51. The molecule has 2 aliphatic heterocycles. The van der Waals surface area contributed by atoms with Gasteiger partial charge in [0, 0.05) is 37.9 Å². The van der Waals surface area contributed by atoms with Gasteiger partial charge in [0.25, 0.3) is 5.91 Å². The van der Waals surface area contributed by atoms with Crippen molar-refractivity contribution in [3.63, 3.8) is 0 Å². The van der Waals surface area contributed by atoms with Crippen molar-refractivity contribution in [3.05, 3.63) is 35.5 Å². The maximum absolute atomic E-state index is 12.7. The first-order valence-electron chi connectivity index (χ1n) is 9.13. The van der Waals surface area contributed by atoms with Crippen LogP contribution >= 0.6 is 0 Å². The first kappa shape index (κ1) is 18.5. The average molecular weight is 386 g/mol. The number of H-pyrrole nitrogens is 1. The maximum Gasteiger partial charge on any atom is 0.269 e. The molecular formula is C19H22N4O5. The van der Waals surface area contributed by atoms with Gasteiger partial charge in [-0.05, 0) is 12.1 Å². The predicted octanol–water partition coefficient (Wildman–Crippen LogP) is 0.573. The van der Waals surface area contributed by atoms with Crippen LogP contribution in [0, 0.1) is 0 Å². The van der Waals surface area contributed by atoms with Gasteiger partial charge in [-0.15, -0.1) is 0 Å². The van der Waals surface area contributed by atoms with Crippen molar-refractivity contribution in [2.75, 3.05) is 40.0 Å². The van der Waals surface area contributed by atoms with Gasteiger partial charge >= 0.3 is 0 Å². The number of hydrogen-bond acceptors (Lipinski definition) is 6. The van der Waals surface area contributed by atoms with Gasteiger partial charge in [-0.3, -0.25) is 14.7 Å². The maximum atomic E-state index is 12.7. The number of amides is 2. The number of benzene rings is 1. The van der Waals surface area contributed by atoms with Crippen LogP contribution in [-0.4, -0.2) is 73.0 Å². The van der Waals surface area contributed by atoms with Crippen molar-refractivity contribution in [1.29, 1.82) is 0 Å². The Morgan fingerprint density at radius 3 is 3.11 bits per heavy atom. The van der Waals surface area contributed by atoms with Crippen molar-refractivity contribution in [2.24, 2.45) is 0 Å². The lowest BCUT2D eigenvalue weighted by Gasteiger charge is -2.32. The molecule has 1 fully saturated rings. The Hall–Kier alpha value is -2.91. The molecule has 0 aliphatic carbocycles. The molecular weight excluding hydrogens is 364 g/mol. The largest absolute Gasteiger partial charge is 0.488 e. The summed E-state index contributed by atoms with van der Waals surface area (Å²) in [6, 6.07) is 7.60. The summed E-state index contributed by atoms with van der Waals surface area (Å²) in [5, 5.41) is 9.99. The zero-order valence-corrected chi connectivity index (χ0v) is 15.6. The number of morpholine rings is 1. The lowest BCUT2D eigenvalue weighted by atomic mass is 10.0. The second-order valence-corrected chi connectivity index (χ2v) is 6.69. The van der Waals surface area contributed by atoms with Gasteiger partial charge in [0.15, 0.2) is 0 Å². The van der Waals surface area contributed by atoms with E-state index in [1.54, 1.807) is 12.0 Å². The van der Waals surface area contributed by atoms with E-state index in [0.29, 0.717) is 31.9 Å². The molecule has 9 heteroatoms. The summed E-state index contributed by atoms with van der Waals surface area (Å²) in [6.45, 7) is 1.97. The first-order chi connectivity index (χ1) is 13.7. The standard InChI is InChI=1S/C19H22N4O5/c1-26-7-6-23-9-12(27-11-16(23)24)8-20-19(25)18-14-10-28-15-5-3-2-4-13(15)17(14)21-22-18/h2-5,12H,6-11H2,1H3,(H,20,25)(H,21,22). The Morgan fingerprint density at radius 1 is 1.39 bits per heavy atom. The molecule has 4 rings (SSSR count). The molecule has 148 valence electrons. The number of ether oxygens (including phenoxy) is 3. The predicted molar refractivity (Wildman–Crippen MR) is 98.9 cm³/mol. The Labute approximate surface area is 161 Å². The van der Waals surface area contributed by atoms with Crippen molar-refractivity contribution < 1.29 is 23.8 Å². The minimum Gasteiger partial charge on any atom is -0.488 e. The number of rotatable bonds is 6. The Kier molecular flexibility index (Phi) is 5.27. The van der Waals surface area contributed by atoms with Gasteiger partial charge in [-0.2, -0.15) is 5.10 Å². The summed E-state index contributed by atoms with van der Waals surface area (Å²) >= 11 is 0. The van der Waals surface area contributed by atoms with Gasteiger partial charge in [0.05, 0.1) is 12.7 Å². The van der Waals surface area contributed by atoms with Gasteiger partial charge in [0.1, 0.15) is 30.4 Å². The molecule has 2 N–H and O–H groups in total. The van der Waals surface area contributed by atoms with Crippen LogP contribution in [0.3, 0.4) is 0 Å². The first-order valence-corrected chi connectivity index (χ1v) is 9.13. The van der Waals surface area contributed by atoms with E-state index < -0.39 is 0 Å². The smallest absolute Gasteiger partial charge is 0.269 e. The highest BCUT2D eigenvalue weighted by Gasteiger charge is 2.29. The van der Waals surface area contributed by atoms with E-state index in [9.17, 15) is 9.59 Å². The molecule has 1 saturated heterocycles. The van der Waals surface area contributed by atoms with Gasteiger partial charge in [-0.25, -0.2) is 0 Å². The van der Waals surface area contributed by atoms with E-state index in [4.69, 9.17) is 14.2 Å². The molecule has 9 nitrogen and oxygen atoms in total. The van der Waals surface area contributed by atoms with E-state index in [1.165, 1.54) is 0 Å². The molecule has 1 unspecified atom stereocenters. The van der Waals surface area contributed by atoms with Crippen LogP contribution in [-0.2, 0) is 20.9 Å². The summed E-state index contributed by atoms with van der Waals surface area (Å²) < 4.78 is 16.3. The van der Waals surface area contributed by atoms with E-state index >= 15 is 0 Å². The molecule has 1 aromatic heterocycles. The van der Waals surface area contributed by atoms with Crippen LogP contribution in [0.15, 0.2) is 24.3 Å². The van der Waals surface area contributed by atoms with Gasteiger partial charge in [0.2, 0.25) is 5.91 Å². The number of para-hydroxylation sites is 1. The number of fused-ring (bicyclic) bond motifs is 3. The van der Waals surface area contributed by atoms with Crippen LogP contribution in [0.25, 0.3) is 11.3 Å². The number of nitrogens with one attached hydrogen (secondary N) is 2. The number of carbonyl (C=O) groups excluding carboxylic acids is 2. The molecule has 1 aromatic carbocycles. The highest BCUT2D eigenvalue weighted by Crippen LogP contribution is 2.36. The molecule has 0 bridgehead atoms. The number of aromatic nitrogens is 2. The minimum absolute atomic E-state index is 0.00827. The topological polar surface area (TPSA) is 106 Å². The average Bonchev–Trinajstić information content (AvgIpc) is 3.16. The monoisotopic (exact) mass is 386 g/mol. The summed E-state index contributed by atoms with van der Waals surface area (Å²) in [6.07, 6.45) is -0.269. The second kappa shape index (κ2) is 7.99. The summed E-state index contributed by atoms with van der Waals surface area (Å²) in [7, 11) is 1.59. The van der Waals surface area contributed by atoms with Gasteiger partial charge in [-0.1, -0.05) is 12.1 Å². The normalized spacial score (nSPS) is 18.2. The van der Waals surface area contributed by atoms with Crippen molar-refractivity contribution in [3.8, 4) is 17.0 Å². The minimum atomic E-state index is -0.277. The molecule has 1 atom stereocenters. The number of nitrogens with zero attached hydrogens (tertiary/aromatic N) is 2. The Bertz CT molecular complexity index is 881. The third-order valence-electron chi connectivity index (χ3n) is 4.88. The Balaban J connectivity index is 1.39. The van der Waals surface area contributed by atoms with E-state index in [-0.39, 0.29) is 31.1 Å². The Morgan fingerprint density at radius 2 is 2.25 bits per heavy atom. The number of aromatic amines is 1. The van der Waals surface area contributed by atoms with Crippen molar-refractivity contribution in [1.82, 2.24) is 20.4 Å². The lowest BCUT2D eigenvalue weighted by molar-refractivity contribution is -0.149. The van der Waals surface area contributed by atoms with Gasteiger partial charge < -0.3 is 24.4 Å². The summed E-state index contributed by atoms with van der Waals surface area (Å²) in [5.74, 6) is 0.406. The zero-order valence-electron chi connectivity index (χ0n) is 15.6. The van der Waals surface area contributed by atoms with Crippen molar-refractivity contribution >= 4 is 11.8 Å². The fraction of sp³-hybridized carbons (Fsp3) is 0.421. The van der Waals surface area contributed by atoms with Crippen LogP contribution in [0.4, 0.5) is 0 Å². The van der Waals surface area contributed by atoms with E-state index in [1.807, 2.05) is 24.3 Å². The zero-order chi connectivity index (χ0) is 19.5. The van der Waals surface area contributed by atoms with E-state index in [2.05, 4.69) is 15.5 Å². The highest BCUT2D eigenvalue weighted by atomic mass is 16.5. The fourth-order valence-corrected chi connectivity index (χ4v) is 3.37. The SMILES string of the molecule is COCCN1CC(CNC(=O)c2[nH]nc3c2COc2ccccc2-3)OCC1=O. The molecule has 3 heterocycles. The molecule has 2 aliphatic rings. The third kappa shape index (κ3) is 3.58. The van der Waals surface area contributed by atoms with E-state index in [0.717, 1.165) is 22.6 Å². The second-order valence-electron chi connectivity index (χ2n) is 6.69. The summed E-state index contributed by atoms with van der Waals surface area (Å²) in [4.78, 5) is 26.2. The van der Waals surface area contributed by atoms with Crippen LogP contribution in [0.5, 0.6) is 5.75 Å². The summed E-state index contributed by atoms with van der Waals surface area (Å²) in [5.41, 5.74) is 2.71. The molecule has 0 spiro atoms. The van der Waals surface area contributed by atoms with Crippen LogP contribution < -0.4 is 10.1 Å². The molecule has 2 aromatic rings. The van der Waals surface area contributed by atoms with Crippen LogP contribution in [0.2, 0.25) is 0 Å². The number of methoxy groups -OCH3 is 1.